The van der Waals surface area contributed by atoms with E-state index in [0.717, 1.165) is 44.4 Å². The molecule has 1 N–H and O–H groups in total. The SMILES string of the molecule is CCN(C(=O)C1CC(=O)N(CCc2c[nH]c3ccccc23)C1)C1CCN(C)CC1. The molecule has 0 radical (unpaired) electrons. The first kappa shape index (κ1) is 20.0. The third-order valence-electron chi connectivity index (χ3n) is 6.64. The van der Waals surface area contributed by atoms with E-state index in [1.807, 2.05) is 28.1 Å². The van der Waals surface area contributed by atoms with Gasteiger partial charge in [0, 0.05) is 49.2 Å². The Balaban J connectivity index is 1.36. The van der Waals surface area contributed by atoms with Crippen molar-refractivity contribution in [2.24, 2.45) is 5.92 Å². The molecule has 156 valence electrons. The number of amides is 2. The summed E-state index contributed by atoms with van der Waals surface area (Å²) in [6.07, 6.45) is 5.26. The molecule has 0 saturated carbocycles. The van der Waals surface area contributed by atoms with Crippen LogP contribution in [-0.2, 0) is 16.0 Å². The number of rotatable bonds is 6. The van der Waals surface area contributed by atoms with Gasteiger partial charge in [-0.15, -0.1) is 0 Å². The molecule has 6 nitrogen and oxygen atoms in total. The van der Waals surface area contributed by atoms with E-state index in [2.05, 4.69) is 36.0 Å². The van der Waals surface area contributed by atoms with E-state index >= 15 is 0 Å². The van der Waals surface area contributed by atoms with Crippen molar-refractivity contribution in [3.8, 4) is 0 Å². The highest BCUT2D eigenvalue weighted by Crippen LogP contribution is 2.25. The Morgan fingerprint density at radius 2 is 2.00 bits per heavy atom. The smallest absolute Gasteiger partial charge is 0.228 e. The first-order valence-electron chi connectivity index (χ1n) is 10.9. The van der Waals surface area contributed by atoms with Crippen LogP contribution in [0.1, 0.15) is 31.7 Å². The molecule has 2 aliphatic heterocycles. The number of aromatic nitrogens is 1. The molecule has 3 heterocycles. The summed E-state index contributed by atoms with van der Waals surface area (Å²) in [7, 11) is 2.13. The number of para-hydroxylation sites is 1. The molecule has 1 atom stereocenters. The number of nitrogens with zero attached hydrogens (tertiary/aromatic N) is 3. The second kappa shape index (κ2) is 8.57. The van der Waals surface area contributed by atoms with Gasteiger partial charge in [-0.25, -0.2) is 0 Å². The average molecular weight is 397 g/mol. The van der Waals surface area contributed by atoms with Crippen molar-refractivity contribution in [2.75, 3.05) is 39.8 Å². The lowest BCUT2D eigenvalue weighted by atomic mass is 10.00. The summed E-state index contributed by atoms with van der Waals surface area (Å²) in [5, 5.41) is 1.21. The minimum atomic E-state index is -0.190. The lowest BCUT2D eigenvalue weighted by Gasteiger charge is -2.38. The summed E-state index contributed by atoms with van der Waals surface area (Å²) in [5.74, 6) is 0.0951. The van der Waals surface area contributed by atoms with Crippen molar-refractivity contribution in [2.45, 2.75) is 38.6 Å². The van der Waals surface area contributed by atoms with Gasteiger partial charge in [-0.05, 0) is 58.0 Å². The van der Waals surface area contributed by atoms with Crippen LogP contribution in [0.25, 0.3) is 10.9 Å². The summed E-state index contributed by atoms with van der Waals surface area (Å²) in [4.78, 5) is 35.3. The first-order valence-corrected chi connectivity index (χ1v) is 10.9. The zero-order valence-electron chi connectivity index (χ0n) is 17.6. The van der Waals surface area contributed by atoms with Crippen molar-refractivity contribution in [1.82, 2.24) is 19.7 Å². The predicted molar refractivity (Wildman–Crippen MR) is 115 cm³/mol. The Morgan fingerprint density at radius 3 is 2.76 bits per heavy atom. The number of nitrogens with one attached hydrogen (secondary N) is 1. The number of benzene rings is 1. The largest absolute Gasteiger partial charge is 0.361 e. The van der Waals surface area contributed by atoms with Crippen LogP contribution in [-0.4, -0.2) is 77.3 Å². The van der Waals surface area contributed by atoms with Crippen LogP contribution < -0.4 is 0 Å². The van der Waals surface area contributed by atoms with Crippen molar-refractivity contribution in [1.29, 1.82) is 0 Å². The maximum absolute atomic E-state index is 13.2. The molecule has 2 aromatic rings. The molecule has 2 amide bonds. The highest BCUT2D eigenvalue weighted by molar-refractivity contribution is 5.89. The number of aromatic amines is 1. The van der Waals surface area contributed by atoms with Crippen LogP contribution in [0.15, 0.2) is 30.5 Å². The van der Waals surface area contributed by atoms with E-state index in [0.29, 0.717) is 25.6 Å². The molecule has 1 aromatic heterocycles. The Morgan fingerprint density at radius 1 is 1.24 bits per heavy atom. The maximum atomic E-state index is 13.2. The fraction of sp³-hybridized carbons (Fsp3) is 0.565. The van der Waals surface area contributed by atoms with Crippen molar-refractivity contribution >= 4 is 22.7 Å². The Hall–Kier alpha value is -2.34. The summed E-state index contributed by atoms with van der Waals surface area (Å²) < 4.78 is 0. The second-order valence-electron chi connectivity index (χ2n) is 8.51. The lowest BCUT2D eigenvalue weighted by Crippen LogP contribution is -2.48. The second-order valence-corrected chi connectivity index (χ2v) is 8.51. The summed E-state index contributed by atoms with van der Waals surface area (Å²) >= 11 is 0. The number of likely N-dealkylation sites (tertiary alicyclic amines) is 2. The molecule has 0 bridgehead atoms. The van der Waals surface area contributed by atoms with Crippen LogP contribution in [0, 0.1) is 5.92 Å². The lowest BCUT2D eigenvalue weighted by molar-refractivity contribution is -0.138. The van der Waals surface area contributed by atoms with Crippen LogP contribution >= 0.6 is 0 Å². The van der Waals surface area contributed by atoms with Gasteiger partial charge in [-0.3, -0.25) is 9.59 Å². The number of fused-ring (bicyclic) bond motifs is 1. The molecule has 1 aromatic carbocycles. The molecule has 2 fully saturated rings. The van der Waals surface area contributed by atoms with Gasteiger partial charge < -0.3 is 19.7 Å². The molecule has 29 heavy (non-hydrogen) atoms. The normalized spacial score (nSPS) is 21.2. The Bertz CT molecular complexity index is 869. The van der Waals surface area contributed by atoms with Crippen LogP contribution in [0.3, 0.4) is 0 Å². The van der Waals surface area contributed by atoms with Gasteiger partial charge in [-0.1, -0.05) is 18.2 Å². The molecule has 1 unspecified atom stereocenters. The highest BCUT2D eigenvalue weighted by atomic mass is 16.2. The van der Waals surface area contributed by atoms with Gasteiger partial charge in [0.05, 0.1) is 5.92 Å². The van der Waals surface area contributed by atoms with E-state index in [1.165, 1.54) is 10.9 Å². The van der Waals surface area contributed by atoms with Crippen molar-refractivity contribution < 1.29 is 9.59 Å². The maximum Gasteiger partial charge on any atom is 0.228 e. The predicted octanol–water partition coefficient (Wildman–Crippen LogP) is 2.50. The van der Waals surface area contributed by atoms with E-state index in [9.17, 15) is 9.59 Å². The van der Waals surface area contributed by atoms with Crippen molar-refractivity contribution in [3.63, 3.8) is 0 Å². The molecule has 0 spiro atoms. The van der Waals surface area contributed by atoms with E-state index in [1.54, 1.807) is 0 Å². The molecular weight excluding hydrogens is 364 g/mol. The van der Waals surface area contributed by atoms with Gasteiger partial charge >= 0.3 is 0 Å². The Kier molecular flexibility index (Phi) is 5.90. The average Bonchev–Trinajstić information content (AvgIpc) is 3.31. The topological polar surface area (TPSA) is 59.7 Å². The zero-order chi connectivity index (χ0) is 20.4. The molecule has 2 saturated heterocycles. The van der Waals surface area contributed by atoms with Gasteiger partial charge in [0.15, 0.2) is 0 Å². The van der Waals surface area contributed by atoms with Gasteiger partial charge in [0.25, 0.3) is 0 Å². The minimum Gasteiger partial charge on any atom is -0.361 e. The van der Waals surface area contributed by atoms with Crippen LogP contribution in [0.2, 0.25) is 0 Å². The molecule has 2 aliphatic rings. The van der Waals surface area contributed by atoms with Gasteiger partial charge in [0.2, 0.25) is 11.8 Å². The molecule has 4 rings (SSSR count). The number of H-pyrrole nitrogens is 1. The zero-order valence-corrected chi connectivity index (χ0v) is 17.6. The highest BCUT2D eigenvalue weighted by Gasteiger charge is 2.38. The third-order valence-corrected chi connectivity index (χ3v) is 6.64. The summed E-state index contributed by atoms with van der Waals surface area (Å²) in [6, 6.07) is 8.56. The van der Waals surface area contributed by atoms with Crippen LogP contribution in [0.5, 0.6) is 0 Å². The van der Waals surface area contributed by atoms with Crippen LogP contribution in [0.4, 0.5) is 0 Å². The Labute approximate surface area is 172 Å². The fourth-order valence-electron chi connectivity index (χ4n) is 4.88. The first-order chi connectivity index (χ1) is 14.1. The number of carbonyl (C=O) groups is 2. The fourth-order valence-corrected chi connectivity index (χ4v) is 4.88. The number of carbonyl (C=O) groups excluding carboxylic acids is 2. The summed E-state index contributed by atoms with van der Waals surface area (Å²) in [5.41, 5.74) is 2.35. The van der Waals surface area contributed by atoms with E-state index in [4.69, 9.17) is 0 Å². The van der Waals surface area contributed by atoms with Gasteiger partial charge in [0.1, 0.15) is 0 Å². The number of piperidine rings is 1. The van der Waals surface area contributed by atoms with Gasteiger partial charge in [-0.2, -0.15) is 0 Å². The monoisotopic (exact) mass is 396 g/mol. The number of hydrogen-bond donors (Lipinski definition) is 1. The molecule has 6 heteroatoms. The summed E-state index contributed by atoms with van der Waals surface area (Å²) in [6.45, 7) is 6.09. The quantitative estimate of drug-likeness (QED) is 0.816. The number of hydrogen-bond acceptors (Lipinski definition) is 3. The van der Waals surface area contributed by atoms with E-state index in [-0.39, 0.29) is 17.7 Å². The molecule has 0 aliphatic carbocycles. The van der Waals surface area contributed by atoms with E-state index < -0.39 is 0 Å². The molecular formula is C23H32N4O2. The van der Waals surface area contributed by atoms with Crippen molar-refractivity contribution in [3.05, 3.63) is 36.0 Å². The standard InChI is InChI=1S/C23H32N4O2/c1-3-27(19-9-11-25(2)12-10-19)23(29)18-14-22(28)26(16-18)13-8-17-15-24-21-7-5-4-6-20(17)21/h4-7,15,18-19,24H,3,8-14,16H2,1-2H3. The third kappa shape index (κ3) is 4.17. The minimum absolute atomic E-state index is 0.114.